The predicted molar refractivity (Wildman–Crippen MR) is 93.5 cm³/mol. The number of carbonyl (C=O) groups excluding carboxylic acids is 1. The number of aryl methyl sites for hydroxylation is 1. The van der Waals surface area contributed by atoms with E-state index < -0.39 is 6.17 Å². The number of alkyl halides is 1. The summed E-state index contributed by atoms with van der Waals surface area (Å²) in [6.07, 6.45) is 5.73. The van der Waals surface area contributed by atoms with E-state index in [4.69, 9.17) is 0 Å². The van der Waals surface area contributed by atoms with Crippen LogP contribution in [0.4, 0.5) is 4.39 Å². The van der Waals surface area contributed by atoms with Gasteiger partial charge in [0.1, 0.15) is 12.5 Å². The summed E-state index contributed by atoms with van der Waals surface area (Å²) in [6, 6.07) is 9.94. The smallest absolute Gasteiger partial charge is 0.220 e. The van der Waals surface area contributed by atoms with Crippen molar-refractivity contribution in [2.45, 2.75) is 38.0 Å². The zero-order valence-electron chi connectivity index (χ0n) is 14.1. The van der Waals surface area contributed by atoms with Crippen LogP contribution in [0.25, 0.3) is 0 Å². The first kappa shape index (κ1) is 17.5. The SMILES string of the molecule is O=C(CCc1ccccc1)NC[C@@H]1C[C@H](F)CN1Cc1cncnc1. The standard InChI is InChI=1S/C19H23FN4O/c20-17-8-18(24(13-17)12-16-9-21-14-22-10-16)11-23-19(25)7-6-15-4-2-1-3-5-15/h1-5,9-10,14,17-18H,6-8,11-13H2,(H,23,25)/t17-,18-/m0/s1. The van der Waals surface area contributed by atoms with E-state index in [1.165, 1.54) is 6.33 Å². The van der Waals surface area contributed by atoms with Crippen molar-refractivity contribution in [1.29, 1.82) is 0 Å². The molecule has 5 nitrogen and oxygen atoms in total. The maximum absolute atomic E-state index is 13.8. The Labute approximate surface area is 147 Å². The minimum Gasteiger partial charge on any atom is -0.355 e. The van der Waals surface area contributed by atoms with Crippen molar-refractivity contribution >= 4 is 5.91 Å². The Hall–Kier alpha value is -2.34. The van der Waals surface area contributed by atoms with Crippen molar-refractivity contribution in [2.24, 2.45) is 0 Å². The largest absolute Gasteiger partial charge is 0.355 e. The predicted octanol–water partition coefficient (Wildman–Crippen LogP) is 2.14. The number of amides is 1. The monoisotopic (exact) mass is 342 g/mol. The highest BCUT2D eigenvalue weighted by Gasteiger charge is 2.32. The van der Waals surface area contributed by atoms with Gasteiger partial charge >= 0.3 is 0 Å². The number of likely N-dealkylation sites (tertiary alicyclic amines) is 1. The van der Waals surface area contributed by atoms with Gasteiger partial charge in [-0.05, 0) is 18.4 Å². The third-order valence-electron chi connectivity index (χ3n) is 4.49. The normalized spacial score (nSPS) is 20.5. The molecular formula is C19H23FN4O. The fourth-order valence-corrected chi connectivity index (χ4v) is 3.20. The number of benzene rings is 1. The molecule has 0 aliphatic carbocycles. The van der Waals surface area contributed by atoms with E-state index in [0.717, 1.165) is 11.1 Å². The minimum atomic E-state index is -0.851. The molecule has 2 atom stereocenters. The van der Waals surface area contributed by atoms with Crippen molar-refractivity contribution in [3.05, 3.63) is 60.2 Å². The van der Waals surface area contributed by atoms with Crippen LogP contribution in [0.3, 0.4) is 0 Å². The second kappa shape index (κ2) is 8.67. The molecule has 2 heterocycles. The van der Waals surface area contributed by atoms with Crippen molar-refractivity contribution in [3.63, 3.8) is 0 Å². The first-order valence-electron chi connectivity index (χ1n) is 8.63. The van der Waals surface area contributed by atoms with E-state index >= 15 is 0 Å². The number of hydrogen-bond donors (Lipinski definition) is 1. The van der Waals surface area contributed by atoms with Gasteiger partial charge in [-0.2, -0.15) is 0 Å². The molecule has 2 aromatic rings. The zero-order valence-corrected chi connectivity index (χ0v) is 14.1. The molecule has 1 amide bonds. The molecule has 1 aliphatic heterocycles. The summed E-state index contributed by atoms with van der Waals surface area (Å²) < 4.78 is 13.8. The molecule has 0 spiro atoms. The molecule has 132 valence electrons. The second-order valence-electron chi connectivity index (χ2n) is 6.45. The highest BCUT2D eigenvalue weighted by Crippen LogP contribution is 2.22. The number of rotatable bonds is 7. The molecule has 0 saturated carbocycles. The molecular weight excluding hydrogens is 319 g/mol. The molecule has 0 radical (unpaired) electrons. The molecule has 25 heavy (non-hydrogen) atoms. The molecule has 1 fully saturated rings. The Balaban J connectivity index is 1.46. The number of hydrogen-bond acceptors (Lipinski definition) is 4. The zero-order chi connectivity index (χ0) is 17.5. The molecule has 1 aromatic carbocycles. The average Bonchev–Trinajstić information content (AvgIpc) is 2.99. The lowest BCUT2D eigenvalue weighted by atomic mass is 10.1. The molecule has 0 unspecified atom stereocenters. The first-order chi connectivity index (χ1) is 12.2. The second-order valence-corrected chi connectivity index (χ2v) is 6.45. The van der Waals surface area contributed by atoms with Gasteiger partial charge < -0.3 is 5.32 Å². The van der Waals surface area contributed by atoms with Gasteiger partial charge in [0.05, 0.1) is 0 Å². The minimum absolute atomic E-state index is 0.00848. The number of carbonyl (C=O) groups is 1. The molecule has 3 rings (SSSR count). The number of aromatic nitrogens is 2. The van der Waals surface area contributed by atoms with E-state index in [-0.39, 0.29) is 11.9 Å². The van der Waals surface area contributed by atoms with Crippen LogP contribution in [0.15, 0.2) is 49.1 Å². The highest BCUT2D eigenvalue weighted by atomic mass is 19.1. The molecule has 1 saturated heterocycles. The van der Waals surface area contributed by atoms with Gasteiger partial charge in [-0.25, -0.2) is 14.4 Å². The summed E-state index contributed by atoms with van der Waals surface area (Å²) in [6.45, 7) is 1.47. The van der Waals surface area contributed by atoms with Crippen LogP contribution in [-0.4, -0.2) is 46.1 Å². The quantitative estimate of drug-likeness (QED) is 0.838. The third kappa shape index (κ3) is 5.32. The lowest BCUT2D eigenvalue weighted by Gasteiger charge is -2.24. The van der Waals surface area contributed by atoms with Crippen molar-refractivity contribution in [2.75, 3.05) is 13.1 Å². The van der Waals surface area contributed by atoms with Gasteiger partial charge in [0.25, 0.3) is 0 Å². The van der Waals surface area contributed by atoms with Gasteiger partial charge in [0, 0.05) is 50.1 Å². The van der Waals surface area contributed by atoms with Crippen LogP contribution in [0.1, 0.15) is 24.0 Å². The van der Waals surface area contributed by atoms with E-state index in [1.54, 1.807) is 12.4 Å². The number of halogens is 1. The first-order valence-corrected chi connectivity index (χ1v) is 8.63. The molecule has 1 aromatic heterocycles. The molecule has 6 heteroatoms. The van der Waals surface area contributed by atoms with Gasteiger partial charge in [-0.15, -0.1) is 0 Å². The highest BCUT2D eigenvalue weighted by molar-refractivity contribution is 5.76. The summed E-state index contributed by atoms with van der Waals surface area (Å²) in [5, 5.41) is 2.95. The average molecular weight is 342 g/mol. The van der Waals surface area contributed by atoms with E-state index in [0.29, 0.717) is 38.9 Å². The summed E-state index contributed by atoms with van der Waals surface area (Å²) in [5.41, 5.74) is 2.10. The van der Waals surface area contributed by atoms with Crippen LogP contribution in [0, 0.1) is 0 Å². The Morgan fingerprint density at radius 1 is 1.20 bits per heavy atom. The van der Waals surface area contributed by atoms with Gasteiger partial charge in [0.15, 0.2) is 0 Å². The Kier molecular flexibility index (Phi) is 6.06. The summed E-state index contributed by atoms with van der Waals surface area (Å²) in [4.78, 5) is 22.1. The van der Waals surface area contributed by atoms with Crippen molar-refractivity contribution in [1.82, 2.24) is 20.2 Å². The maximum Gasteiger partial charge on any atom is 0.220 e. The van der Waals surface area contributed by atoms with Crippen LogP contribution in [-0.2, 0) is 17.8 Å². The molecule has 0 bridgehead atoms. The lowest BCUT2D eigenvalue weighted by molar-refractivity contribution is -0.121. The van der Waals surface area contributed by atoms with Crippen LogP contribution in [0.5, 0.6) is 0 Å². The maximum atomic E-state index is 13.8. The fraction of sp³-hybridized carbons (Fsp3) is 0.421. The van der Waals surface area contributed by atoms with Gasteiger partial charge in [-0.1, -0.05) is 30.3 Å². The van der Waals surface area contributed by atoms with Crippen LogP contribution < -0.4 is 5.32 Å². The number of nitrogens with zero attached hydrogens (tertiary/aromatic N) is 3. The third-order valence-corrected chi connectivity index (χ3v) is 4.49. The Morgan fingerprint density at radius 2 is 1.96 bits per heavy atom. The van der Waals surface area contributed by atoms with Crippen LogP contribution in [0.2, 0.25) is 0 Å². The molecule has 1 N–H and O–H groups in total. The molecule has 1 aliphatic rings. The lowest BCUT2D eigenvalue weighted by Crippen LogP contribution is -2.39. The summed E-state index contributed by atoms with van der Waals surface area (Å²) in [7, 11) is 0. The van der Waals surface area contributed by atoms with Crippen LogP contribution >= 0.6 is 0 Å². The Bertz CT molecular complexity index is 668. The van der Waals surface area contributed by atoms with Crippen molar-refractivity contribution in [3.8, 4) is 0 Å². The van der Waals surface area contributed by atoms with E-state index in [2.05, 4.69) is 20.2 Å². The summed E-state index contributed by atoms with van der Waals surface area (Å²) in [5.74, 6) is 0.00848. The Morgan fingerprint density at radius 3 is 2.72 bits per heavy atom. The van der Waals surface area contributed by atoms with E-state index in [1.807, 2.05) is 30.3 Å². The van der Waals surface area contributed by atoms with Gasteiger partial charge in [0.2, 0.25) is 5.91 Å². The fourth-order valence-electron chi connectivity index (χ4n) is 3.20. The topological polar surface area (TPSA) is 58.1 Å². The van der Waals surface area contributed by atoms with Gasteiger partial charge in [-0.3, -0.25) is 9.69 Å². The van der Waals surface area contributed by atoms with Crippen molar-refractivity contribution < 1.29 is 9.18 Å². The summed E-state index contributed by atoms with van der Waals surface area (Å²) >= 11 is 0. The van der Waals surface area contributed by atoms with E-state index in [9.17, 15) is 9.18 Å². The number of nitrogens with one attached hydrogen (secondary N) is 1.